The van der Waals surface area contributed by atoms with E-state index in [0.717, 1.165) is 54.4 Å². The van der Waals surface area contributed by atoms with E-state index < -0.39 is 0 Å². The lowest BCUT2D eigenvalue weighted by Crippen LogP contribution is -2.15. The Balaban J connectivity index is 1.87. The zero-order valence-electron chi connectivity index (χ0n) is 14.5. The molecule has 1 aliphatic carbocycles. The molecule has 1 saturated heterocycles. The molecular formula is C21H22O4. The minimum absolute atomic E-state index is 0.207. The summed E-state index contributed by atoms with van der Waals surface area (Å²) in [5, 5.41) is 1.91. The van der Waals surface area contributed by atoms with Crippen LogP contribution in [-0.4, -0.2) is 25.3 Å². The van der Waals surface area contributed by atoms with Crippen LogP contribution < -0.4 is 9.47 Å². The maximum absolute atomic E-state index is 12.2. The van der Waals surface area contributed by atoms with Crippen molar-refractivity contribution in [3.8, 4) is 11.5 Å². The smallest absolute Gasteiger partial charge is 0.338 e. The van der Waals surface area contributed by atoms with Crippen molar-refractivity contribution < 1.29 is 19.0 Å². The molecule has 25 heavy (non-hydrogen) atoms. The summed E-state index contributed by atoms with van der Waals surface area (Å²) in [6.07, 6.45) is 4.26. The molecule has 4 nitrogen and oxygen atoms in total. The lowest BCUT2D eigenvalue weighted by Gasteiger charge is -2.25. The molecule has 0 N–H and O–H groups in total. The molecule has 1 fully saturated rings. The monoisotopic (exact) mass is 338 g/mol. The van der Waals surface area contributed by atoms with Gasteiger partial charge in [-0.25, -0.2) is 4.79 Å². The molecular weight excluding hydrogens is 316 g/mol. The van der Waals surface area contributed by atoms with Crippen molar-refractivity contribution in [2.24, 2.45) is 0 Å². The van der Waals surface area contributed by atoms with Gasteiger partial charge >= 0.3 is 5.97 Å². The predicted octanol–water partition coefficient (Wildman–Crippen LogP) is 3.98. The van der Waals surface area contributed by atoms with E-state index in [9.17, 15) is 4.79 Å². The highest BCUT2D eigenvalue weighted by Crippen LogP contribution is 2.44. The second-order valence-electron chi connectivity index (χ2n) is 6.80. The lowest BCUT2D eigenvalue weighted by atomic mass is 9.87. The summed E-state index contributed by atoms with van der Waals surface area (Å²) in [5.41, 5.74) is 2.68. The van der Waals surface area contributed by atoms with E-state index in [1.807, 2.05) is 24.3 Å². The largest absolute Gasteiger partial charge is 0.490 e. The minimum Gasteiger partial charge on any atom is -0.490 e. The van der Waals surface area contributed by atoms with E-state index in [4.69, 9.17) is 14.2 Å². The van der Waals surface area contributed by atoms with Crippen LogP contribution in [0.3, 0.4) is 0 Å². The van der Waals surface area contributed by atoms with Crippen LogP contribution in [0.4, 0.5) is 0 Å². The Morgan fingerprint density at radius 2 is 1.76 bits per heavy atom. The number of ether oxygens (including phenoxy) is 3. The molecule has 0 bridgehead atoms. The van der Waals surface area contributed by atoms with Gasteiger partial charge in [-0.15, -0.1) is 0 Å². The number of epoxide rings is 1. The number of hydrogen-bond acceptors (Lipinski definition) is 4. The first-order valence-electron chi connectivity index (χ1n) is 8.83. The van der Waals surface area contributed by atoms with Crippen molar-refractivity contribution in [3.05, 3.63) is 47.5 Å². The van der Waals surface area contributed by atoms with Crippen LogP contribution in [0, 0.1) is 0 Å². The fourth-order valence-corrected chi connectivity index (χ4v) is 3.41. The molecule has 1 atom stereocenters. The molecule has 4 heteroatoms. The highest BCUT2D eigenvalue weighted by Gasteiger charge is 2.28. The van der Waals surface area contributed by atoms with Crippen LogP contribution in [0.1, 0.15) is 30.9 Å². The Hall–Kier alpha value is -2.33. The average molecular weight is 338 g/mol. The average Bonchev–Trinajstić information content (AvgIpc) is 3.45. The fraction of sp³-hybridized carbons (Fsp3) is 0.381. The summed E-state index contributed by atoms with van der Waals surface area (Å²) in [7, 11) is 0. The van der Waals surface area contributed by atoms with Crippen molar-refractivity contribution in [2.45, 2.75) is 38.7 Å². The number of fused-ring (bicyclic) bond motifs is 2. The van der Waals surface area contributed by atoms with E-state index in [0.29, 0.717) is 17.9 Å². The van der Waals surface area contributed by atoms with E-state index in [-0.39, 0.29) is 12.1 Å². The van der Waals surface area contributed by atoms with Crippen LogP contribution in [-0.2, 0) is 22.4 Å². The van der Waals surface area contributed by atoms with Gasteiger partial charge in [0.15, 0.2) is 0 Å². The Kier molecular flexibility index (Phi) is 4.22. The highest BCUT2D eigenvalue weighted by atomic mass is 16.6. The van der Waals surface area contributed by atoms with Gasteiger partial charge in [0.25, 0.3) is 0 Å². The number of hydrogen-bond donors (Lipinski definition) is 0. The van der Waals surface area contributed by atoms with Crippen LogP contribution in [0.25, 0.3) is 10.8 Å². The summed E-state index contributed by atoms with van der Waals surface area (Å²) in [4.78, 5) is 12.2. The molecule has 1 aliphatic heterocycles. The van der Waals surface area contributed by atoms with E-state index in [2.05, 4.69) is 6.58 Å². The van der Waals surface area contributed by atoms with Gasteiger partial charge in [0.05, 0.1) is 6.61 Å². The first kappa shape index (κ1) is 16.2. The lowest BCUT2D eigenvalue weighted by molar-refractivity contribution is -0.130. The molecule has 130 valence electrons. The zero-order chi connectivity index (χ0) is 17.4. The van der Waals surface area contributed by atoms with Crippen LogP contribution >= 0.6 is 0 Å². The van der Waals surface area contributed by atoms with Gasteiger partial charge in [-0.3, -0.25) is 0 Å². The Morgan fingerprint density at radius 3 is 2.36 bits per heavy atom. The summed E-state index contributed by atoms with van der Waals surface area (Å²) in [5.74, 6) is 1.22. The number of esters is 1. The van der Waals surface area contributed by atoms with Gasteiger partial charge in [0.1, 0.15) is 24.2 Å². The summed E-state index contributed by atoms with van der Waals surface area (Å²) >= 11 is 0. The first-order chi connectivity index (χ1) is 12.1. The topological polar surface area (TPSA) is 48.1 Å². The molecule has 2 aromatic carbocycles. The van der Waals surface area contributed by atoms with Crippen molar-refractivity contribution in [3.63, 3.8) is 0 Å². The molecule has 0 amide bonds. The van der Waals surface area contributed by atoms with Gasteiger partial charge in [0.2, 0.25) is 0 Å². The van der Waals surface area contributed by atoms with E-state index in [1.54, 1.807) is 6.92 Å². The van der Waals surface area contributed by atoms with Crippen LogP contribution in [0.15, 0.2) is 36.4 Å². The Morgan fingerprint density at radius 1 is 1.16 bits per heavy atom. The van der Waals surface area contributed by atoms with Gasteiger partial charge in [-0.2, -0.15) is 0 Å². The molecule has 0 radical (unpaired) electrons. The summed E-state index contributed by atoms with van der Waals surface area (Å²) < 4.78 is 17.2. The van der Waals surface area contributed by atoms with Gasteiger partial charge < -0.3 is 14.2 Å². The standard InChI is InChI=1S/C21H22O4/c1-13(2)21(22)25-20-17-9-5-3-7-15(17)19(24-12-14-11-23-14)16-8-4-6-10-18(16)20/h3,5,7,9,14H,1,4,6,8,10-12H2,2H3. The first-order valence-corrected chi connectivity index (χ1v) is 8.83. The predicted molar refractivity (Wildman–Crippen MR) is 96.3 cm³/mol. The molecule has 0 spiro atoms. The summed E-state index contributed by atoms with van der Waals surface area (Å²) in [6, 6.07) is 7.98. The van der Waals surface area contributed by atoms with E-state index >= 15 is 0 Å². The molecule has 1 heterocycles. The third-order valence-corrected chi connectivity index (χ3v) is 4.79. The van der Waals surface area contributed by atoms with Crippen LogP contribution in [0.5, 0.6) is 11.5 Å². The molecule has 0 aromatic heterocycles. The van der Waals surface area contributed by atoms with Gasteiger partial charge in [0, 0.05) is 27.5 Å². The normalized spacial score (nSPS) is 18.5. The molecule has 1 unspecified atom stereocenters. The number of carbonyl (C=O) groups excluding carboxylic acids is 1. The molecule has 4 rings (SSSR count). The van der Waals surface area contributed by atoms with Gasteiger partial charge in [-0.05, 0) is 32.6 Å². The zero-order valence-corrected chi connectivity index (χ0v) is 14.5. The number of rotatable bonds is 5. The number of carbonyl (C=O) groups is 1. The van der Waals surface area contributed by atoms with Crippen molar-refractivity contribution in [1.82, 2.24) is 0 Å². The summed E-state index contributed by atoms with van der Waals surface area (Å²) in [6.45, 7) is 6.72. The second kappa shape index (κ2) is 6.52. The Bertz CT molecular complexity index is 849. The SMILES string of the molecule is C=C(C)C(=O)Oc1c2c(c(OCC3CO3)c3ccccc13)CCCC2. The maximum atomic E-state index is 12.2. The highest BCUT2D eigenvalue weighted by molar-refractivity contribution is 5.99. The third-order valence-electron chi connectivity index (χ3n) is 4.79. The quantitative estimate of drug-likeness (QED) is 0.358. The van der Waals surface area contributed by atoms with Crippen molar-refractivity contribution in [1.29, 1.82) is 0 Å². The van der Waals surface area contributed by atoms with Crippen molar-refractivity contribution >= 4 is 16.7 Å². The fourth-order valence-electron chi connectivity index (χ4n) is 3.41. The minimum atomic E-state index is -0.377. The molecule has 2 aromatic rings. The van der Waals surface area contributed by atoms with Crippen LogP contribution in [0.2, 0.25) is 0 Å². The van der Waals surface area contributed by atoms with Crippen molar-refractivity contribution in [2.75, 3.05) is 13.2 Å². The maximum Gasteiger partial charge on any atom is 0.338 e. The number of benzene rings is 2. The third kappa shape index (κ3) is 3.14. The van der Waals surface area contributed by atoms with Gasteiger partial charge in [-0.1, -0.05) is 30.8 Å². The molecule has 2 aliphatic rings. The molecule has 0 saturated carbocycles. The Labute approximate surface area is 147 Å². The van der Waals surface area contributed by atoms with E-state index in [1.165, 1.54) is 5.56 Å². The second-order valence-corrected chi connectivity index (χ2v) is 6.80.